The Bertz CT molecular complexity index is 342. The second-order valence-corrected chi connectivity index (χ2v) is 4.07. The Morgan fingerprint density at radius 3 is 1.40 bits per heavy atom. The van der Waals surface area contributed by atoms with Gasteiger partial charge in [0.15, 0.2) is 0 Å². The van der Waals surface area contributed by atoms with E-state index in [1.54, 1.807) is 0 Å². The molecule has 0 fully saturated rings. The molecule has 2 rings (SSSR count). The van der Waals surface area contributed by atoms with Gasteiger partial charge in [-0.2, -0.15) is 0 Å². The highest BCUT2D eigenvalue weighted by atomic mass is 16.4. The van der Waals surface area contributed by atoms with Crippen molar-refractivity contribution in [1.29, 1.82) is 0 Å². The van der Waals surface area contributed by atoms with Crippen molar-refractivity contribution in [3.63, 3.8) is 0 Å². The van der Waals surface area contributed by atoms with Crippen molar-refractivity contribution in [2.45, 2.75) is 67.2 Å². The molecule has 2 nitrogen and oxygen atoms in total. The van der Waals surface area contributed by atoms with Gasteiger partial charge in [-0.25, -0.2) is 0 Å². The van der Waals surface area contributed by atoms with Crippen LogP contribution in [0.15, 0.2) is 24.3 Å². The largest absolute Gasteiger partial charge is 0.481 e. The first-order chi connectivity index (χ1) is 9.63. The lowest BCUT2D eigenvalue weighted by Crippen LogP contribution is -2.19. The van der Waals surface area contributed by atoms with Crippen LogP contribution in [-0.2, 0) is 4.79 Å². The summed E-state index contributed by atoms with van der Waals surface area (Å²) in [5.74, 6) is -0.661. The maximum absolute atomic E-state index is 11.1. The van der Waals surface area contributed by atoms with Gasteiger partial charge in [0.25, 0.3) is 0 Å². The van der Waals surface area contributed by atoms with Crippen LogP contribution in [0, 0.1) is 5.92 Å². The minimum absolute atomic E-state index is 0.138. The zero-order chi connectivity index (χ0) is 16.3. The molecule has 116 valence electrons. The van der Waals surface area contributed by atoms with Gasteiger partial charge in [0.1, 0.15) is 0 Å². The molecule has 0 aliphatic heterocycles. The van der Waals surface area contributed by atoms with Crippen LogP contribution in [0.25, 0.3) is 0 Å². The Hall–Kier alpha value is -1.31. The number of carboxylic acids is 1. The van der Waals surface area contributed by atoms with E-state index in [9.17, 15) is 4.79 Å². The number of carboxylic acid groups (broad SMARTS) is 1. The third-order valence-corrected chi connectivity index (χ3v) is 3.34. The molecule has 0 heterocycles. The summed E-state index contributed by atoms with van der Waals surface area (Å²) < 4.78 is 0. The third kappa shape index (κ3) is 4.66. The van der Waals surface area contributed by atoms with Gasteiger partial charge in [0.05, 0.1) is 5.92 Å². The smallest absolute Gasteiger partial charge is 0.307 e. The summed E-state index contributed by atoms with van der Waals surface area (Å²) in [7, 11) is 0. The van der Waals surface area contributed by atoms with Crippen LogP contribution in [0.2, 0.25) is 0 Å². The van der Waals surface area contributed by atoms with Crippen molar-refractivity contribution < 1.29 is 9.90 Å². The summed E-state index contributed by atoms with van der Waals surface area (Å²) in [5.41, 5.74) is 2.40. The first kappa shape index (κ1) is 21.0. The zero-order valence-corrected chi connectivity index (χ0v) is 14.4. The van der Waals surface area contributed by atoms with E-state index in [1.807, 2.05) is 79.7 Å². The maximum Gasteiger partial charge on any atom is 0.307 e. The predicted molar refractivity (Wildman–Crippen MR) is 88.4 cm³/mol. The van der Waals surface area contributed by atoms with E-state index in [4.69, 9.17) is 5.11 Å². The fraction of sp³-hybridized carbons (Fsp3) is 0.611. The predicted octanol–water partition coefficient (Wildman–Crippen LogP) is 5.69. The van der Waals surface area contributed by atoms with E-state index < -0.39 is 5.97 Å². The molecule has 1 aromatic rings. The number of hydrogen-bond donors (Lipinski definition) is 1. The molecule has 1 aliphatic rings. The van der Waals surface area contributed by atoms with E-state index in [-0.39, 0.29) is 17.8 Å². The van der Waals surface area contributed by atoms with E-state index >= 15 is 0 Å². The quantitative estimate of drug-likeness (QED) is 0.717. The van der Waals surface area contributed by atoms with Gasteiger partial charge < -0.3 is 5.11 Å². The molecule has 2 unspecified atom stereocenters. The monoisotopic (exact) mass is 280 g/mol. The summed E-state index contributed by atoms with van der Waals surface area (Å²) >= 11 is 0. The van der Waals surface area contributed by atoms with Crippen LogP contribution in [0.4, 0.5) is 0 Å². The van der Waals surface area contributed by atoms with E-state index in [1.165, 1.54) is 11.1 Å². The van der Waals surface area contributed by atoms with Crippen LogP contribution in [0.3, 0.4) is 0 Å². The Labute approximate surface area is 125 Å². The van der Waals surface area contributed by atoms with Crippen LogP contribution in [0.1, 0.15) is 78.4 Å². The fourth-order valence-electron chi connectivity index (χ4n) is 2.59. The average Bonchev–Trinajstić information content (AvgIpc) is 2.78. The molecule has 0 aromatic heterocycles. The minimum atomic E-state index is -0.679. The highest BCUT2D eigenvalue weighted by Gasteiger charge is 2.39. The van der Waals surface area contributed by atoms with Gasteiger partial charge in [0, 0.05) is 0 Å². The van der Waals surface area contributed by atoms with Gasteiger partial charge in [-0.1, -0.05) is 79.7 Å². The number of hydrogen-bond acceptors (Lipinski definition) is 1. The van der Waals surface area contributed by atoms with Crippen LogP contribution in [0.5, 0.6) is 0 Å². The second kappa shape index (κ2) is 11.5. The molecule has 2 heteroatoms. The second-order valence-electron chi connectivity index (χ2n) is 4.07. The van der Waals surface area contributed by atoms with Crippen molar-refractivity contribution in [3.8, 4) is 0 Å². The molecular formula is C18H32O2. The van der Waals surface area contributed by atoms with Crippen LogP contribution < -0.4 is 0 Å². The molecule has 1 aromatic carbocycles. The van der Waals surface area contributed by atoms with Gasteiger partial charge in [-0.3, -0.25) is 4.79 Å². The SMILES string of the molecule is CC.CC.CC.CC1c2ccccc2C(C)C1C(=O)O. The highest BCUT2D eigenvalue weighted by molar-refractivity contribution is 5.74. The average molecular weight is 280 g/mol. The molecule has 0 bridgehead atoms. The minimum Gasteiger partial charge on any atom is -0.481 e. The lowest BCUT2D eigenvalue weighted by atomic mass is 9.89. The molecule has 0 radical (unpaired) electrons. The zero-order valence-electron chi connectivity index (χ0n) is 14.4. The summed E-state index contributed by atoms with van der Waals surface area (Å²) in [6.45, 7) is 16.0. The molecule has 2 atom stereocenters. The van der Waals surface area contributed by atoms with Crippen LogP contribution in [-0.4, -0.2) is 11.1 Å². The number of carbonyl (C=O) groups is 1. The number of fused-ring (bicyclic) bond motifs is 1. The Morgan fingerprint density at radius 2 is 1.15 bits per heavy atom. The standard InChI is InChI=1S/C12H14O2.3C2H6/c1-7-9-5-3-4-6-10(9)8(2)11(7)12(13)14;3*1-2/h3-8,11H,1-2H3,(H,13,14);3*1-2H3. The summed E-state index contributed by atoms with van der Waals surface area (Å²) in [6, 6.07) is 8.04. The maximum atomic E-state index is 11.1. The number of benzene rings is 1. The van der Waals surface area contributed by atoms with Crippen molar-refractivity contribution in [1.82, 2.24) is 0 Å². The first-order valence-corrected chi connectivity index (χ1v) is 7.94. The Kier molecular flexibility index (Phi) is 12.1. The normalized spacial score (nSPS) is 21.9. The fourth-order valence-corrected chi connectivity index (χ4v) is 2.59. The van der Waals surface area contributed by atoms with Crippen LogP contribution >= 0.6 is 0 Å². The lowest BCUT2D eigenvalue weighted by Gasteiger charge is -2.14. The van der Waals surface area contributed by atoms with Crippen molar-refractivity contribution >= 4 is 5.97 Å². The number of rotatable bonds is 1. The summed E-state index contributed by atoms with van der Waals surface area (Å²) in [5, 5.41) is 9.13. The van der Waals surface area contributed by atoms with E-state index in [0.29, 0.717) is 0 Å². The molecule has 0 spiro atoms. The highest BCUT2D eigenvalue weighted by Crippen LogP contribution is 2.45. The Morgan fingerprint density at radius 1 is 0.850 bits per heavy atom. The first-order valence-electron chi connectivity index (χ1n) is 7.94. The number of aliphatic carboxylic acids is 1. The lowest BCUT2D eigenvalue weighted by molar-refractivity contribution is -0.142. The molecule has 0 amide bonds. The molecule has 0 saturated carbocycles. The van der Waals surface area contributed by atoms with Gasteiger partial charge >= 0.3 is 5.97 Å². The topological polar surface area (TPSA) is 37.3 Å². The molecule has 20 heavy (non-hydrogen) atoms. The molecule has 1 N–H and O–H groups in total. The van der Waals surface area contributed by atoms with Crippen molar-refractivity contribution in [2.24, 2.45) is 5.92 Å². The molecular weight excluding hydrogens is 248 g/mol. The summed E-state index contributed by atoms with van der Waals surface area (Å²) in [6.07, 6.45) is 0. The summed E-state index contributed by atoms with van der Waals surface area (Å²) in [4.78, 5) is 11.1. The van der Waals surface area contributed by atoms with E-state index in [2.05, 4.69) is 0 Å². The van der Waals surface area contributed by atoms with Gasteiger partial charge in [0.2, 0.25) is 0 Å². The van der Waals surface area contributed by atoms with Crippen molar-refractivity contribution in [3.05, 3.63) is 35.4 Å². The molecule has 0 saturated heterocycles. The third-order valence-electron chi connectivity index (χ3n) is 3.34. The van der Waals surface area contributed by atoms with Gasteiger partial charge in [-0.15, -0.1) is 0 Å². The van der Waals surface area contributed by atoms with Gasteiger partial charge in [-0.05, 0) is 23.0 Å². The molecule has 1 aliphatic carbocycles. The van der Waals surface area contributed by atoms with Crippen molar-refractivity contribution in [2.75, 3.05) is 0 Å². The Balaban J connectivity index is 0. The van der Waals surface area contributed by atoms with E-state index in [0.717, 1.165) is 0 Å².